The molecule has 35 heavy (non-hydrogen) atoms. The van der Waals surface area contributed by atoms with Gasteiger partial charge < -0.3 is 38.4 Å². The quantitative estimate of drug-likeness (QED) is 0.465. The summed E-state index contributed by atoms with van der Waals surface area (Å²) in [7, 11) is 4.85. The zero-order chi connectivity index (χ0) is 24.2. The topological polar surface area (TPSA) is 106 Å². The lowest BCUT2D eigenvalue weighted by atomic mass is 10.0. The lowest BCUT2D eigenvalue weighted by Gasteiger charge is -2.15. The number of hydrogen-bond donors (Lipinski definition) is 1. The summed E-state index contributed by atoms with van der Waals surface area (Å²) < 4.78 is 32.8. The van der Waals surface area contributed by atoms with Crippen LogP contribution >= 0.6 is 0 Å². The van der Waals surface area contributed by atoms with Crippen molar-refractivity contribution in [3.05, 3.63) is 47.7 Å². The first-order chi connectivity index (χ1) is 17.2. The summed E-state index contributed by atoms with van der Waals surface area (Å²) in [6, 6.07) is 11.5. The van der Waals surface area contributed by atoms with Gasteiger partial charge in [0.1, 0.15) is 17.5 Å². The monoisotopic (exact) mass is 481 g/mol. The number of oxime groups is 1. The molecular formula is C25H27N3O7. The smallest absolute Gasteiger partial charge is 0.231 e. The third-order valence-corrected chi connectivity index (χ3v) is 5.88. The van der Waals surface area contributed by atoms with E-state index in [1.54, 1.807) is 21.3 Å². The van der Waals surface area contributed by atoms with Gasteiger partial charge in [-0.3, -0.25) is 0 Å². The highest BCUT2D eigenvalue weighted by molar-refractivity contribution is 5.87. The van der Waals surface area contributed by atoms with Gasteiger partial charge in [-0.2, -0.15) is 0 Å². The van der Waals surface area contributed by atoms with E-state index in [1.807, 2.05) is 36.4 Å². The normalized spacial score (nSPS) is 16.1. The average Bonchev–Trinajstić information content (AvgIpc) is 3.65. The van der Waals surface area contributed by atoms with Gasteiger partial charge in [0, 0.05) is 36.6 Å². The highest BCUT2D eigenvalue weighted by atomic mass is 16.7. The SMILES string of the molecule is COc1ccc(-c2cc(CNCC3=NO[C@@H](Cc4cc(OC)c5c(c4OC)OCO5)C3)on2)cc1. The first-order valence-corrected chi connectivity index (χ1v) is 11.2. The van der Waals surface area contributed by atoms with Gasteiger partial charge in [-0.15, -0.1) is 0 Å². The molecule has 2 aromatic carbocycles. The second-order valence-corrected chi connectivity index (χ2v) is 8.14. The van der Waals surface area contributed by atoms with E-state index in [0.717, 1.165) is 34.0 Å². The van der Waals surface area contributed by atoms with Gasteiger partial charge in [0.05, 0.1) is 33.6 Å². The molecule has 1 N–H and O–H groups in total. The molecule has 0 saturated carbocycles. The molecule has 0 aliphatic carbocycles. The number of rotatable bonds is 10. The summed E-state index contributed by atoms with van der Waals surface area (Å²) in [6.45, 7) is 1.24. The molecule has 3 aromatic rings. The Morgan fingerprint density at radius 1 is 0.971 bits per heavy atom. The lowest BCUT2D eigenvalue weighted by Crippen LogP contribution is -2.23. The van der Waals surface area contributed by atoms with E-state index < -0.39 is 0 Å². The predicted octanol–water partition coefficient (Wildman–Crippen LogP) is 3.57. The second kappa shape index (κ2) is 10.1. The highest BCUT2D eigenvalue weighted by Gasteiger charge is 2.30. The Morgan fingerprint density at radius 2 is 1.80 bits per heavy atom. The minimum absolute atomic E-state index is 0.113. The summed E-state index contributed by atoms with van der Waals surface area (Å²) >= 11 is 0. The maximum Gasteiger partial charge on any atom is 0.231 e. The average molecular weight is 482 g/mol. The van der Waals surface area contributed by atoms with Gasteiger partial charge in [-0.05, 0) is 30.3 Å². The minimum atomic E-state index is -0.113. The van der Waals surface area contributed by atoms with E-state index in [0.29, 0.717) is 48.9 Å². The minimum Gasteiger partial charge on any atom is -0.497 e. The van der Waals surface area contributed by atoms with Crippen LogP contribution in [-0.2, 0) is 17.8 Å². The molecule has 2 aliphatic heterocycles. The molecule has 0 fully saturated rings. The molecule has 0 saturated heterocycles. The molecule has 0 unspecified atom stereocenters. The van der Waals surface area contributed by atoms with Gasteiger partial charge in [-0.1, -0.05) is 10.3 Å². The van der Waals surface area contributed by atoms with Crippen LogP contribution in [-0.4, -0.2) is 51.6 Å². The van der Waals surface area contributed by atoms with Crippen molar-refractivity contribution < 1.29 is 33.0 Å². The molecule has 3 heterocycles. The Morgan fingerprint density at radius 3 is 2.57 bits per heavy atom. The van der Waals surface area contributed by atoms with Crippen LogP contribution in [0, 0.1) is 0 Å². The third kappa shape index (κ3) is 4.83. The van der Waals surface area contributed by atoms with Crippen molar-refractivity contribution in [1.29, 1.82) is 0 Å². The van der Waals surface area contributed by atoms with Crippen molar-refractivity contribution in [2.45, 2.75) is 25.5 Å². The van der Waals surface area contributed by atoms with E-state index in [2.05, 4.69) is 15.6 Å². The molecule has 2 aliphatic rings. The fourth-order valence-electron chi connectivity index (χ4n) is 4.16. The van der Waals surface area contributed by atoms with Crippen molar-refractivity contribution in [2.75, 3.05) is 34.7 Å². The van der Waals surface area contributed by atoms with E-state index in [4.69, 9.17) is 33.0 Å². The van der Waals surface area contributed by atoms with Crippen LogP contribution in [0.4, 0.5) is 0 Å². The fraction of sp³-hybridized carbons (Fsp3) is 0.360. The van der Waals surface area contributed by atoms with Gasteiger partial charge in [0.2, 0.25) is 18.3 Å². The number of nitrogens with zero attached hydrogens (tertiary/aromatic N) is 2. The van der Waals surface area contributed by atoms with Crippen LogP contribution in [0.1, 0.15) is 17.7 Å². The van der Waals surface area contributed by atoms with Crippen LogP contribution in [0.5, 0.6) is 28.7 Å². The molecule has 10 heteroatoms. The van der Waals surface area contributed by atoms with E-state index in [9.17, 15) is 0 Å². The number of nitrogens with one attached hydrogen (secondary N) is 1. The highest BCUT2D eigenvalue weighted by Crippen LogP contribution is 2.50. The number of fused-ring (bicyclic) bond motifs is 1. The molecule has 10 nitrogen and oxygen atoms in total. The Labute approximate surface area is 202 Å². The van der Waals surface area contributed by atoms with E-state index in [1.165, 1.54) is 0 Å². The molecular weight excluding hydrogens is 454 g/mol. The van der Waals surface area contributed by atoms with Crippen LogP contribution in [0.25, 0.3) is 11.3 Å². The predicted molar refractivity (Wildman–Crippen MR) is 126 cm³/mol. The van der Waals surface area contributed by atoms with Crippen molar-refractivity contribution >= 4 is 5.71 Å². The zero-order valence-electron chi connectivity index (χ0n) is 19.8. The molecule has 0 amide bonds. The molecule has 0 bridgehead atoms. The van der Waals surface area contributed by atoms with Crippen LogP contribution in [0.2, 0.25) is 0 Å². The van der Waals surface area contributed by atoms with Gasteiger partial charge in [-0.25, -0.2) is 0 Å². The van der Waals surface area contributed by atoms with Gasteiger partial charge >= 0.3 is 0 Å². The van der Waals surface area contributed by atoms with Gasteiger partial charge in [0.15, 0.2) is 17.3 Å². The number of aromatic nitrogens is 1. The Balaban J connectivity index is 1.13. The first-order valence-electron chi connectivity index (χ1n) is 11.2. The number of methoxy groups -OCH3 is 3. The van der Waals surface area contributed by atoms with Crippen molar-refractivity contribution in [2.24, 2.45) is 5.16 Å². The first kappa shape index (κ1) is 22.9. The molecule has 0 radical (unpaired) electrons. The van der Waals surface area contributed by atoms with E-state index in [-0.39, 0.29) is 12.9 Å². The van der Waals surface area contributed by atoms with Crippen LogP contribution in [0.15, 0.2) is 46.1 Å². The van der Waals surface area contributed by atoms with Crippen molar-refractivity contribution in [1.82, 2.24) is 10.5 Å². The maximum atomic E-state index is 5.68. The molecule has 0 spiro atoms. The molecule has 1 atom stereocenters. The van der Waals surface area contributed by atoms with Gasteiger partial charge in [0.25, 0.3) is 0 Å². The Bertz CT molecular complexity index is 1210. The number of benzene rings is 2. The third-order valence-electron chi connectivity index (χ3n) is 5.88. The summed E-state index contributed by atoms with van der Waals surface area (Å²) in [5, 5.41) is 11.7. The second-order valence-electron chi connectivity index (χ2n) is 8.14. The summed E-state index contributed by atoms with van der Waals surface area (Å²) in [5.74, 6) is 3.90. The Hall–Kier alpha value is -3.92. The molecule has 5 rings (SSSR count). The van der Waals surface area contributed by atoms with Crippen molar-refractivity contribution in [3.8, 4) is 40.0 Å². The molecule has 1 aromatic heterocycles. The zero-order valence-corrected chi connectivity index (χ0v) is 19.8. The maximum absolute atomic E-state index is 5.68. The molecule has 184 valence electrons. The summed E-state index contributed by atoms with van der Waals surface area (Å²) in [6.07, 6.45) is 1.18. The largest absolute Gasteiger partial charge is 0.497 e. The van der Waals surface area contributed by atoms with Crippen LogP contribution in [0.3, 0.4) is 0 Å². The van der Waals surface area contributed by atoms with Crippen molar-refractivity contribution in [3.63, 3.8) is 0 Å². The van der Waals surface area contributed by atoms with Crippen LogP contribution < -0.4 is 29.0 Å². The lowest BCUT2D eigenvalue weighted by molar-refractivity contribution is 0.0853. The fourth-order valence-corrected chi connectivity index (χ4v) is 4.16. The summed E-state index contributed by atoms with van der Waals surface area (Å²) in [5.41, 5.74) is 3.58. The Kier molecular flexibility index (Phi) is 6.62. The number of hydrogen-bond acceptors (Lipinski definition) is 10. The number of ether oxygens (including phenoxy) is 5. The standard InChI is InChI=1S/C25H27N3O7/c1-29-18-6-4-15(5-7-18)21-11-20(35-28-21)13-26-12-17-10-19(34-27-17)8-16-9-22(30-2)24-25(23(16)31-3)33-14-32-24/h4-7,9,11,19,26H,8,10,12-14H2,1-3H3/t19-/m0/s1. The van der Waals surface area contributed by atoms with E-state index >= 15 is 0 Å². The summed E-state index contributed by atoms with van der Waals surface area (Å²) in [4.78, 5) is 5.68.